The van der Waals surface area contributed by atoms with E-state index in [-0.39, 0.29) is 0 Å². The minimum Gasteiger partial charge on any atom is -0.379 e. The fourth-order valence-corrected chi connectivity index (χ4v) is 41.8. The van der Waals surface area contributed by atoms with Gasteiger partial charge in [0, 0.05) is 19.8 Å². The molecule has 0 heterocycles. The van der Waals surface area contributed by atoms with Gasteiger partial charge >= 0.3 is 0 Å². The Labute approximate surface area is 832 Å². The van der Waals surface area contributed by atoms with Crippen molar-refractivity contribution in [1.82, 2.24) is 0 Å². The lowest BCUT2D eigenvalue weighted by atomic mass is 9.47. The number of ether oxygens (including phenoxy) is 5. The van der Waals surface area contributed by atoms with Crippen LogP contribution in [0.4, 0.5) is 0 Å². The third kappa shape index (κ3) is 28.0. The summed E-state index contributed by atoms with van der Waals surface area (Å²) < 4.78 is 29.3. The lowest BCUT2D eigenvalue weighted by Gasteiger charge is -2.58. The molecular weight excluding hydrogens is 1630 g/mol. The Bertz CT molecular complexity index is 3010. The SMILES string of the molecule is CC(C)C12CC3CC(CC(C3)C1)C2.CC(C)CC12CC3CC(CC(C3)C1)C2.CC(C)CCC12CC3CC(CC(C3)C1)C2.CC(C)CCCC12CC3CC(CC(C3)C1)C2.CC(C)OC12CC3CC(CC(C3)C1)C2.CC(C)OCC12CC3CC(CC(C3)C1)C2.CC(C)OCCC(C1CCC1)C1CCC1.CC(C)OCCC12CC3CC(CC(C3)C1)C2.CC(C)OCCCC(C1CCC1)C1CCC1. The zero-order valence-electron chi connectivity index (χ0n) is 92.4. The maximum Gasteiger partial charge on any atom is 0.0694 e. The Balaban J connectivity index is 0.000000105. The van der Waals surface area contributed by atoms with Crippen molar-refractivity contribution in [3.63, 3.8) is 0 Å². The van der Waals surface area contributed by atoms with Crippen LogP contribution >= 0.6 is 0 Å². The highest BCUT2D eigenvalue weighted by Crippen LogP contribution is 2.69. The molecule has 0 aromatic rings. The molecule has 0 atom stereocenters. The van der Waals surface area contributed by atoms with Crippen molar-refractivity contribution in [3.8, 4) is 0 Å². The summed E-state index contributed by atoms with van der Waals surface area (Å²) in [4.78, 5) is 0. The number of hydrogen-bond donors (Lipinski definition) is 0. The van der Waals surface area contributed by atoms with E-state index in [0.29, 0.717) is 47.0 Å². The fourth-order valence-electron chi connectivity index (χ4n) is 41.8. The van der Waals surface area contributed by atoms with Gasteiger partial charge in [0.25, 0.3) is 0 Å². The lowest BCUT2D eigenvalue weighted by Crippen LogP contribution is -2.52. The summed E-state index contributed by atoms with van der Waals surface area (Å²) in [5, 5.41) is 0. The van der Waals surface area contributed by atoms with Crippen molar-refractivity contribution < 1.29 is 23.7 Å². The molecule has 32 aliphatic carbocycles. The molecule has 0 amide bonds. The van der Waals surface area contributed by atoms with Crippen molar-refractivity contribution in [2.45, 2.75) is 572 Å². The zero-order valence-corrected chi connectivity index (χ0v) is 92.4. The van der Waals surface area contributed by atoms with E-state index in [1.807, 2.05) is 0 Å². The summed E-state index contributed by atoms with van der Waals surface area (Å²) in [6.45, 7) is 44.9. The van der Waals surface area contributed by atoms with Crippen molar-refractivity contribution in [2.24, 2.45) is 216 Å². The van der Waals surface area contributed by atoms with Crippen LogP contribution in [-0.4, -0.2) is 62.5 Å². The smallest absolute Gasteiger partial charge is 0.0694 e. The van der Waals surface area contributed by atoms with Gasteiger partial charge in [-0.3, -0.25) is 0 Å². The minimum atomic E-state index is 0.322. The monoisotopic (exact) mass is 1860 g/mol. The molecule has 32 fully saturated rings. The lowest BCUT2D eigenvalue weighted by molar-refractivity contribution is -0.180. The molecule has 28 bridgehead atoms. The standard InChI is InChI=1S/C16H28.C15H26O.C15H28O.C15H26.C14H24O.C14H26O.C14H24.C13H22O.C13H22/c1-12(2)4-3-5-16-9-13-6-14(10-16)8-15(7-13)11-16;1-11(2)16-4-3-15-8-12-5-13(9-15)7-14(6-12)10-15;1-12(2)16-11-5-10-15(13-6-3-7-13)14-8-4-9-14;1-11(2)3-4-15-8-12-5-13(9-15)7-14(6-12)10-15;1-10(2)15-9-14-6-11-3-12(7-14)5-13(4-11)8-14;1-11(2)15-10-9-14(12-5-3-6-12)13-7-4-8-13;1-10(2)6-14-7-11-3-12(8-14)5-13(4-11)9-14;1-9(2)14-13-6-10-3-11(7-13)5-12(4-10)8-13;1-9(2)13-6-10-3-11(7-13)5-12(4-10)8-13/h12-15H,3-11H2,1-2H3;11-14H,3-10H2,1-2H3;12-15H,3-11H2,1-2H3;11-14H,3-10H2,1-2H3;10-13H,3-9H2,1-2H3;11-14H,3-10H2,1-2H3;10-13H,3-9H2,1-2H3;9-12H,3-8H2,1-2H3;9-12H,3-8H2,1-2H3. The average Bonchev–Trinajstić information content (AvgIpc) is 0.736. The van der Waals surface area contributed by atoms with Crippen molar-refractivity contribution >= 4 is 0 Å². The predicted molar refractivity (Wildman–Crippen MR) is 567 cm³/mol. The Kier molecular flexibility index (Phi) is 36.5. The van der Waals surface area contributed by atoms with Crippen LogP contribution in [0.15, 0.2) is 0 Å². The largest absolute Gasteiger partial charge is 0.379 e. The predicted octanol–water partition coefficient (Wildman–Crippen LogP) is 37.2. The van der Waals surface area contributed by atoms with Gasteiger partial charge in [-0.05, 0) is 600 Å². The molecule has 0 unspecified atom stereocenters. The van der Waals surface area contributed by atoms with Crippen LogP contribution in [0, 0.1) is 216 Å². The van der Waals surface area contributed by atoms with Gasteiger partial charge in [-0.2, -0.15) is 0 Å². The van der Waals surface area contributed by atoms with Crippen LogP contribution in [0.2, 0.25) is 0 Å². The van der Waals surface area contributed by atoms with Crippen LogP contribution in [0.1, 0.15) is 536 Å². The molecule has 0 aromatic heterocycles. The normalized spacial score (nSPS) is 42.6. The van der Waals surface area contributed by atoms with Gasteiger partial charge in [0.1, 0.15) is 0 Å². The third-order valence-electron chi connectivity index (χ3n) is 45.0. The zero-order chi connectivity index (χ0) is 93.9. The number of hydrogen-bond acceptors (Lipinski definition) is 5. The highest BCUT2D eigenvalue weighted by molar-refractivity contribution is 5.09. The molecule has 32 rings (SSSR count). The Morgan fingerprint density at radius 3 is 0.769 bits per heavy atom. The summed E-state index contributed by atoms with van der Waals surface area (Å²) in [5.74, 6) is 33.2. The molecule has 32 saturated carbocycles. The average molecular weight is 1860 g/mol. The van der Waals surface area contributed by atoms with Crippen LogP contribution in [0.25, 0.3) is 0 Å². The van der Waals surface area contributed by atoms with Gasteiger partial charge in [0.2, 0.25) is 0 Å². The van der Waals surface area contributed by atoms with Crippen LogP contribution in [0.5, 0.6) is 0 Å². The van der Waals surface area contributed by atoms with E-state index in [9.17, 15) is 0 Å². The van der Waals surface area contributed by atoms with Crippen LogP contribution < -0.4 is 0 Å². The second-order valence-corrected chi connectivity index (χ2v) is 60.5. The molecule has 0 aliphatic heterocycles. The summed E-state index contributed by atoms with van der Waals surface area (Å²) in [6.07, 6.45) is 99.9. The van der Waals surface area contributed by atoms with Gasteiger partial charge in [-0.1, -0.05) is 152 Å². The van der Waals surface area contributed by atoms with Gasteiger partial charge in [-0.15, -0.1) is 0 Å². The summed E-state index contributed by atoms with van der Waals surface area (Å²) in [5.41, 5.74) is 4.94. The Morgan fingerprint density at radius 1 is 0.216 bits per heavy atom. The first-order valence-corrected chi connectivity index (χ1v) is 62.3. The summed E-state index contributed by atoms with van der Waals surface area (Å²) in [7, 11) is 0. The number of rotatable bonds is 32. The molecule has 772 valence electrons. The molecule has 0 radical (unpaired) electrons. The van der Waals surface area contributed by atoms with Gasteiger partial charge in [0.15, 0.2) is 0 Å². The maximum atomic E-state index is 6.25. The molecular formula is C129H226O5. The molecule has 5 nitrogen and oxygen atoms in total. The summed E-state index contributed by atoms with van der Waals surface area (Å²) >= 11 is 0. The third-order valence-corrected chi connectivity index (χ3v) is 45.0. The van der Waals surface area contributed by atoms with E-state index in [2.05, 4.69) is 125 Å². The fraction of sp³-hybridized carbons (Fsp3) is 1.00. The van der Waals surface area contributed by atoms with Crippen LogP contribution in [-0.2, 0) is 23.7 Å². The molecule has 0 N–H and O–H groups in total. The van der Waals surface area contributed by atoms with E-state index >= 15 is 0 Å². The molecule has 0 spiro atoms. The maximum absolute atomic E-state index is 6.25. The van der Waals surface area contributed by atoms with Crippen molar-refractivity contribution in [2.75, 3.05) is 26.4 Å². The molecule has 134 heavy (non-hydrogen) atoms. The van der Waals surface area contributed by atoms with Crippen molar-refractivity contribution in [3.05, 3.63) is 0 Å². The first-order valence-electron chi connectivity index (χ1n) is 62.3. The topological polar surface area (TPSA) is 46.2 Å². The van der Waals surface area contributed by atoms with E-state index in [1.54, 1.807) is 205 Å². The second-order valence-electron chi connectivity index (χ2n) is 60.5. The second kappa shape index (κ2) is 46.5. The Hall–Kier alpha value is -0.200. The Morgan fingerprint density at radius 2 is 0.485 bits per heavy atom. The molecule has 0 aromatic carbocycles. The molecule has 32 aliphatic rings. The first kappa shape index (κ1) is 105. The van der Waals surface area contributed by atoms with Crippen LogP contribution in [0.3, 0.4) is 0 Å². The summed E-state index contributed by atoms with van der Waals surface area (Å²) in [6, 6.07) is 0. The molecule has 0 saturated heterocycles. The van der Waals surface area contributed by atoms with E-state index < -0.39 is 0 Å². The van der Waals surface area contributed by atoms with E-state index in [1.165, 1.54) is 205 Å². The quantitative estimate of drug-likeness (QED) is 0.0628. The minimum absolute atomic E-state index is 0.322. The van der Waals surface area contributed by atoms with Gasteiger partial charge in [-0.25, -0.2) is 0 Å². The first-order chi connectivity index (χ1) is 64.1. The molecule has 5 heteroatoms. The van der Waals surface area contributed by atoms with Crippen molar-refractivity contribution in [1.29, 1.82) is 0 Å². The van der Waals surface area contributed by atoms with Gasteiger partial charge in [0.05, 0.1) is 42.7 Å². The van der Waals surface area contributed by atoms with Gasteiger partial charge < -0.3 is 23.7 Å². The highest BCUT2D eigenvalue weighted by Gasteiger charge is 2.59. The van der Waals surface area contributed by atoms with E-state index in [0.717, 1.165) is 232 Å². The highest BCUT2D eigenvalue weighted by atomic mass is 16.5. The van der Waals surface area contributed by atoms with E-state index in [4.69, 9.17) is 23.7 Å².